The molecule has 1 amide bonds. The highest BCUT2D eigenvalue weighted by molar-refractivity contribution is 6.33. The number of carbonyl (C=O) groups is 2. The molecule has 0 radical (unpaired) electrons. The number of carboxylic acid groups (broad SMARTS) is 1. The fourth-order valence-electron chi connectivity index (χ4n) is 1.32. The SMILES string of the molecule is Cc1cc(Cl)c(C(=O)NC(CCO)C(=O)O)cn1. The van der Waals surface area contributed by atoms with Crippen LogP contribution in [0.15, 0.2) is 12.3 Å². The van der Waals surface area contributed by atoms with Crippen molar-refractivity contribution in [1.82, 2.24) is 10.3 Å². The van der Waals surface area contributed by atoms with Gasteiger partial charge in [0.05, 0.1) is 10.6 Å². The summed E-state index contributed by atoms with van der Waals surface area (Å²) in [5.41, 5.74) is 0.758. The Bertz CT molecular complexity index is 464. The molecule has 1 aromatic rings. The van der Waals surface area contributed by atoms with E-state index in [1.807, 2.05) is 0 Å². The average Bonchev–Trinajstić information content (AvgIpc) is 2.27. The average molecular weight is 273 g/mol. The van der Waals surface area contributed by atoms with E-state index in [9.17, 15) is 9.59 Å². The largest absolute Gasteiger partial charge is 0.480 e. The molecule has 0 aliphatic rings. The number of nitrogens with zero attached hydrogens (tertiary/aromatic N) is 1. The highest BCUT2D eigenvalue weighted by atomic mass is 35.5. The van der Waals surface area contributed by atoms with Crippen molar-refractivity contribution in [2.24, 2.45) is 0 Å². The molecule has 3 N–H and O–H groups in total. The summed E-state index contributed by atoms with van der Waals surface area (Å²) >= 11 is 5.87. The van der Waals surface area contributed by atoms with Crippen LogP contribution in [0.5, 0.6) is 0 Å². The van der Waals surface area contributed by atoms with Crippen LogP contribution in [0.4, 0.5) is 0 Å². The van der Waals surface area contributed by atoms with Crippen molar-refractivity contribution >= 4 is 23.5 Å². The number of aryl methyl sites for hydroxylation is 1. The first-order chi connectivity index (χ1) is 8.45. The van der Waals surface area contributed by atoms with Crippen molar-refractivity contribution in [1.29, 1.82) is 0 Å². The number of aliphatic carboxylic acids is 1. The van der Waals surface area contributed by atoms with Crippen LogP contribution in [-0.2, 0) is 4.79 Å². The molecular weight excluding hydrogens is 260 g/mol. The van der Waals surface area contributed by atoms with Crippen molar-refractivity contribution in [3.8, 4) is 0 Å². The molecule has 0 spiro atoms. The van der Waals surface area contributed by atoms with Gasteiger partial charge in [0.2, 0.25) is 0 Å². The normalized spacial score (nSPS) is 11.9. The number of aliphatic hydroxyl groups is 1. The number of carbonyl (C=O) groups excluding carboxylic acids is 1. The van der Waals surface area contributed by atoms with Crippen molar-refractivity contribution in [3.63, 3.8) is 0 Å². The molecule has 0 fully saturated rings. The molecular formula is C11H13ClN2O4. The number of rotatable bonds is 5. The summed E-state index contributed by atoms with van der Waals surface area (Å²) < 4.78 is 0. The summed E-state index contributed by atoms with van der Waals surface area (Å²) in [5, 5.41) is 20.0. The Morgan fingerprint density at radius 2 is 2.22 bits per heavy atom. The van der Waals surface area contributed by atoms with E-state index in [1.54, 1.807) is 6.92 Å². The minimum Gasteiger partial charge on any atom is -0.480 e. The van der Waals surface area contributed by atoms with Gasteiger partial charge < -0.3 is 15.5 Å². The Labute approximate surface area is 109 Å². The fourth-order valence-corrected chi connectivity index (χ4v) is 1.61. The molecule has 7 heteroatoms. The second-order valence-electron chi connectivity index (χ2n) is 3.68. The van der Waals surface area contributed by atoms with E-state index in [-0.39, 0.29) is 23.6 Å². The first-order valence-electron chi connectivity index (χ1n) is 5.22. The first-order valence-corrected chi connectivity index (χ1v) is 5.60. The van der Waals surface area contributed by atoms with Gasteiger partial charge in [-0.3, -0.25) is 9.78 Å². The summed E-state index contributed by atoms with van der Waals surface area (Å²) in [6, 6.07) is 0.359. The van der Waals surface area contributed by atoms with Gasteiger partial charge in [-0.25, -0.2) is 4.79 Å². The van der Waals surface area contributed by atoms with Gasteiger partial charge in [-0.1, -0.05) is 11.6 Å². The Hall–Kier alpha value is -1.66. The van der Waals surface area contributed by atoms with E-state index in [2.05, 4.69) is 10.3 Å². The lowest BCUT2D eigenvalue weighted by Crippen LogP contribution is -2.41. The van der Waals surface area contributed by atoms with E-state index in [4.69, 9.17) is 21.8 Å². The van der Waals surface area contributed by atoms with Crippen LogP contribution < -0.4 is 5.32 Å². The van der Waals surface area contributed by atoms with Gasteiger partial charge in [0.25, 0.3) is 5.91 Å². The lowest BCUT2D eigenvalue weighted by Gasteiger charge is -2.13. The van der Waals surface area contributed by atoms with Gasteiger partial charge in [-0.05, 0) is 13.0 Å². The Morgan fingerprint density at radius 3 is 2.72 bits per heavy atom. The van der Waals surface area contributed by atoms with E-state index in [1.165, 1.54) is 12.3 Å². The van der Waals surface area contributed by atoms with Crippen LogP contribution in [0.1, 0.15) is 22.5 Å². The second kappa shape index (κ2) is 6.32. The maximum absolute atomic E-state index is 11.8. The van der Waals surface area contributed by atoms with E-state index >= 15 is 0 Å². The number of halogens is 1. The molecule has 1 heterocycles. The summed E-state index contributed by atoms with van der Waals surface area (Å²) in [6.07, 6.45) is 1.21. The molecule has 0 aliphatic heterocycles. The van der Waals surface area contributed by atoms with Crippen LogP contribution in [-0.4, -0.2) is 39.7 Å². The monoisotopic (exact) mass is 272 g/mol. The molecule has 98 valence electrons. The van der Waals surface area contributed by atoms with Crippen LogP contribution >= 0.6 is 11.6 Å². The molecule has 0 bridgehead atoms. The van der Waals surface area contributed by atoms with Crippen LogP contribution in [0.2, 0.25) is 5.02 Å². The lowest BCUT2D eigenvalue weighted by atomic mass is 10.2. The maximum Gasteiger partial charge on any atom is 0.326 e. The molecule has 0 aromatic carbocycles. The van der Waals surface area contributed by atoms with Crippen molar-refractivity contribution in [2.45, 2.75) is 19.4 Å². The summed E-state index contributed by atoms with van der Waals surface area (Å²) in [7, 11) is 0. The predicted molar refractivity (Wildman–Crippen MR) is 64.6 cm³/mol. The molecule has 0 saturated carbocycles. The van der Waals surface area contributed by atoms with Crippen molar-refractivity contribution in [3.05, 3.63) is 28.5 Å². The number of hydrogen-bond acceptors (Lipinski definition) is 4. The smallest absolute Gasteiger partial charge is 0.326 e. The van der Waals surface area contributed by atoms with Crippen molar-refractivity contribution in [2.75, 3.05) is 6.61 Å². The Morgan fingerprint density at radius 1 is 1.56 bits per heavy atom. The number of aromatic nitrogens is 1. The van der Waals surface area contributed by atoms with E-state index < -0.39 is 17.9 Å². The second-order valence-corrected chi connectivity index (χ2v) is 4.09. The minimum absolute atomic E-state index is 0.0714. The quantitative estimate of drug-likeness (QED) is 0.729. The molecule has 18 heavy (non-hydrogen) atoms. The highest BCUT2D eigenvalue weighted by Crippen LogP contribution is 2.15. The fraction of sp³-hybridized carbons (Fsp3) is 0.364. The summed E-state index contributed by atoms with van der Waals surface area (Å²) in [6.45, 7) is 1.39. The highest BCUT2D eigenvalue weighted by Gasteiger charge is 2.21. The first kappa shape index (κ1) is 14.4. The number of pyridine rings is 1. The number of carboxylic acids is 1. The van der Waals surface area contributed by atoms with Crippen LogP contribution in [0.3, 0.4) is 0 Å². The van der Waals surface area contributed by atoms with E-state index in [0.717, 1.165) is 0 Å². The van der Waals surface area contributed by atoms with Gasteiger partial charge in [0.1, 0.15) is 6.04 Å². The Kier molecular flexibility index (Phi) is 5.06. The van der Waals surface area contributed by atoms with E-state index in [0.29, 0.717) is 5.69 Å². The summed E-state index contributed by atoms with van der Waals surface area (Å²) in [4.78, 5) is 26.5. The third kappa shape index (κ3) is 3.68. The molecule has 1 aromatic heterocycles. The Balaban J connectivity index is 2.83. The van der Waals surface area contributed by atoms with Crippen LogP contribution in [0, 0.1) is 6.92 Å². The number of hydrogen-bond donors (Lipinski definition) is 3. The van der Waals surface area contributed by atoms with Gasteiger partial charge in [0, 0.05) is 24.9 Å². The number of aliphatic hydroxyl groups excluding tert-OH is 1. The minimum atomic E-state index is -1.21. The third-order valence-corrected chi connectivity index (χ3v) is 2.57. The summed E-state index contributed by atoms with van der Waals surface area (Å²) in [5.74, 6) is -1.85. The third-order valence-electron chi connectivity index (χ3n) is 2.26. The maximum atomic E-state index is 11.8. The van der Waals surface area contributed by atoms with Gasteiger partial charge >= 0.3 is 5.97 Å². The predicted octanol–water partition coefficient (Wildman–Crippen LogP) is 0.609. The topological polar surface area (TPSA) is 99.5 Å². The van der Waals surface area contributed by atoms with Crippen molar-refractivity contribution < 1.29 is 19.8 Å². The molecule has 0 saturated heterocycles. The zero-order chi connectivity index (χ0) is 13.7. The molecule has 1 rings (SSSR count). The zero-order valence-corrected chi connectivity index (χ0v) is 10.4. The lowest BCUT2D eigenvalue weighted by molar-refractivity contribution is -0.139. The zero-order valence-electron chi connectivity index (χ0n) is 9.68. The standard InChI is InChI=1S/C11H13ClN2O4/c1-6-4-8(12)7(5-13-6)10(16)14-9(2-3-15)11(17)18/h4-5,9,15H,2-3H2,1H3,(H,14,16)(H,17,18). The number of nitrogens with one attached hydrogen (secondary N) is 1. The van der Waals surface area contributed by atoms with Gasteiger partial charge in [-0.2, -0.15) is 0 Å². The molecule has 1 unspecified atom stereocenters. The van der Waals surface area contributed by atoms with Gasteiger partial charge in [-0.15, -0.1) is 0 Å². The van der Waals surface area contributed by atoms with Gasteiger partial charge in [0.15, 0.2) is 0 Å². The number of amides is 1. The van der Waals surface area contributed by atoms with Crippen LogP contribution in [0.25, 0.3) is 0 Å². The molecule has 1 atom stereocenters. The molecule has 0 aliphatic carbocycles. The molecule has 6 nitrogen and oxygen atoms in total.